The number of aliphatic carboxylic acids is 1. The number of ether oxygens (including phenoxy) is 1. The van der Waals surface area contributed by atoms with Crippen LogP contribution >= 0.6 is 0 Å². The van der Waals surface area contributed by atoms with Crippen molar-refractivity contribution in [2.75, 3.05) is 0 Å². The Labute approximate surface area is 209 Å². The molecule has 1 fully saturated rings. The first kappa shape index (κ1) is 23.1. The second-order valence-electron chi connectivity index (χ2n) is 8.94. The van der Waals surface area contributed by atoms with E-state index in [1.54, 1.807) is 30.3 Å². The van der Waals surface area contributed by atoms with Gasteiger partial charge in [-0.3, -0.25) is 9.59 Å². The highest BCUT2D eigenvalue weighted by Gasteiger charge is 2.67. The van der Waals surface area contributed by atoms with Gasteiger partial charge in [-0.05, 0) is 52.9 Å². The number of carbonyl (C=O) groups is 2. The van der Waals surface area contributed by atoms with Gasteiger partial charge in [0.1, 0.15) is 5.75 Å². The SMILES string of the molecule is N#Cc1ccc(-c2cccc(OC(=O)C3(C(=O)O)C(c4ccccc4)CC3c3ccccc3)c2)cc1. The number of nitrogens with zero attached hydrogens (tertiary/aromatic N) is 1. The monoisotopic (exact) mass is 473 g/mol. The molecule has 1 aliphatic carbocycles. The van der Waals surface area contributed by atoms with Crippen molar-refractivity contribution in [1.82, 2.24) is 0 Å². The smallest absolute Gasteiger partial charge is 0.330 e. The molecule has 0 heterocycles. The highest BCUT2D eigenvalue weighted by Crippen LogP contribution is 2.62. The van der Waals surface area contributed by atoms with Crippen molar-refractivity contribution < 1.29 is 19.4 Å². The Morgan fingerprint density at radius 1 is 0.778 bits per heavy atom. The van der Waals surface area contributed by atoms with Gasteiger partial charge in [0.2, 0.25) is 0 Å². The van der Waals surface area contributed by atoms with Crippen molar-refractivity contribution in [1.29, 1.82) is 5.26 Å². The van der Waals surface area contributed by atoms with E-state index in [9.17, 15) is 14.7 Å². The van der Waals surface area contributed by atoms with E-state index in [4.69, 9.17) is 10.00 Å². The molecule has 2 unspecified atom stereocenters. The Morgan fingerprint density at radius 3 is 1.89 bits per heavy atom. The van der Waals surface area contributed by atoms with Crippen molar-refractivity contribution in [3.05, 3.63) is 126 Å². The minimum Gasteiger partial charge on any atom is -0.480 e. The lowest BCUT2D eigenvalue weighted by atomic mass is 9.49. The fraction of sp³-hybridized carbons (Fsp3) is 0.129. The third-order valence-electron chi connectivity index (χ3n) is 7.06. The number of hydrogen-bond donors (Lipinski definition) is 1. The molecule has 1 saturated carbocycles. The van der Waals surface area contributed by atoms with Gasteiger partial charge in [0.05, 0.1) is 11.6 Å². The van der Waals surface area contributed by atoms with E-state index >= 15 is 0 Å². The first-order chi connectivity index (χ1) is 17.5. The van der Waals surface area contributed by atoms with E-state index in [0.29, 0.717) is 12.0 Å². The second-order valence-corrected chi connectivity index (χ2v) is 8.94. The van der Waals surface area contributed by atoms with Crippen LogP contribution < -0.4 is 4.74 Å². The largest absolute Gasteiger partial charge is 0.480 e. The van der Waals surface area contributed by atoms with Crippen LogP contribution in [0.25, 0.3) is 11.1 Å². The summed E-state index contributed by atoms with van der Waals surface area (Å²) >= 11 is 0. The number of carboxylic acid groups (broad SMARTS) is 1. The van der Waals surface area contributed by atoms with Crippen molar-refractivity contribution >= 4 is 11.9 Å². The maximum absolute atomic E-state index is 13.8. The number of hydrogen-bond acceptors (Lipinski definition) is 4. The van der Waals surface area contributed by atoms with Gasteiger partial charge in [0.15, 0.2) is 5.41 Å². The predicted octanol–water partition coefficient (Wildman–Crippen LogP) is 6.17. The average Bonchev–Trinajstić information content (AvgIpc) is 2.89. The fourth-order valence-electron chi connectivity index (χ4n) is 5.20. The van der Waals surface area contributed by atoms with E-state index in [0.717, 1.165) is 22.3 Å². The number of esters is 1. The average molecular weight is 474 g/mol. The van der Waals surface area contributed by atoms with Gasteiger partial charge in [0, 0.05) is 11.8 Å². The van der Waals surface area contributed by atoms with Crippen LogP contribution in [0.4, 0.5) is 0 Å². The molecule has 0 bridgehead atoms. The zero-order valence-corrected chi connectivity index (χ0v) is 19.4. The summed E-state index contributed by atoms with van der Waals surface area (Å²) in [5, 5.41) is 19.6. The van der Waals surface area contributed by atoms with E-state index in [-0.39, 0.29) is 5.75 Å². The fourth-order valence-corrected chi connectivity index (χ4v) is 5.20. The van der Waals surface area contributed by atoms with Gasteiger partial charge in [-0.1, -0.05) is 84.9 Å². The summed E-state index contributed by atoms with van der Waals surface area (Å²) in [6.45, 7) is 0. The van der Waals surface area contributed by atoms with Crippen molar-refractivity contribution in [3.63, 3.8) is 0 Å². The van der Waals surface area contributed by atoms with E-state index in [1.165, 1.54) is 0 Å². The normalized spacial score (nSPS) is 20.5. The van der Waals surface area contributed by atoms with E-state index < -0.39 is 29.2 Å². The molecule has 0 radical (unpaired) electrons. The molecule has 0 amide bonds. The third-order valence-corrected chi connectivity index (χ3v) is 7.06. The molecule has 4 aromatic rings. The van der Waals surface area contributed by atoms with Crippen LogP contribution in [0, 0.1) is 16.7 Å². The topological polar surface area (TPSA) is 87.4 Å². The lowest BCUT2D eigenvalue weighted by molar-refractivity contribution is -0.175. The number of benzene rings is 4. The van der Waals surface area contributed by atoms with Crippen LogP contribution in [0.1, 0.15) is 34.9 Å². The summed E-state index contributed by atoms with van der Waals surface area (Å²) in [6.07, 6.45) is 0.528. The molecule has 1 N–H and O–H groups in total. The molecule has 1 aliphatic rings. The molecule has 0 aliphatic heterocycles. The van der Waals surface area contributed by atoms with E-state index in [2.05, 4.69) is 6.07 Å². The van der Waals surface area contributed by atoms with Crippen LogP contribution in [0.3, 0.4) is 0 Å². The predicted molar refractivity (Wildman–Crippen MR) is 135 cm³/mol. The van der Waals surface area contributed by atoms with Crippen LogP contribution in [0.15, 0.2) is 109 Å². The molecule has 176 valence electrons. The Balaban J connectivity index is 1.52. The molecule has 5 nitrogen and oxygen atoms in total. The summed E-state index contributed by atoms with van der Waals surface area (Å²) in [6, 6.07) is 34.8. The zero-order chi connectivity index (χ0) is 25.1. The molecule has 4 aromatic carbocycles. The maximum Gasteiger partial charge on any atom is 0.330 e. The van der Waals surface area contributed by atoms with Crippen LogP contribution in [0.5, 0.6) is 5.75 Å². The molecule has 0 saturated heterocycles. The number of carbonyl (C=O) groups excluding carboxylic acids is 1. The minimum atomic E-state index is -1.76. The van der Waals surface area contributed by atoms with Crippen molar-refractivity contribution in [2.45, 2.75) is 18.3 Å². The van der Waals surface area contributed by atoms with Crippen LogP contribution in [0.2, 0.25) is 0 Å². The molecule has 0 aromatic heterocycles. The highest BCUT2D eigenvalue weighted by atomic mass is 16.5. The molecule has 0 spiro atoms. The van der Waals surface area contributed by atoms with Gasteiger partial charge in [-0.2, -0.15) is 5.26 Å². The van der Waals surface area contributed by atoms with Crippen molar-refractivity contribution in [2.24, 2.45) is 5.41 Å². The first-order valence-corrected chi connectivity index (χ1v) is 11.7. The van der Waals surface area contributed by atoms with Gasteiger partial charge in [-0.15, -0.1) is 0 Å². The van der Waals surface area contributed by atoms with Crippen LogP contribution in [-0.4, -0.2) is 17.0 Å². The summed E-state index contributed by atoms with van der Waals surface area (Å²) < 4.78 is 5.82. The maximum atomic E-state index is 13.8. The van der Waals surface area contributed by atoms with Gasteiger partial charge in [-0.25, -0.2) is 0 Å². The summed E-state index contributed by atoms with van der Waals surface area (Å²) in [4.78, 5) is 26.7. The van der Waals surface area contributed by atoms with Crippen LogP contribution in [-0.2, 0) is 9.59 Å². The quantitative estimate of drug-likeness (QED) is 0.205. The van der Waals surface area contributed by atoms with Gasteiger partial charge >= 0.3 is 11.9 Å². The highest BCUT2D eigenvalue weighted by molar-refractivity contribution is 6.04. The minimum absolute atomic E-state index is 0.271. The summed E-state index contributed by atoms with van der Waals surface area (Å²) in [5.74, 6) is -2.73. The van der Waals surface area contributed by atoms with Gasteiger partial charge < -0.3 is 9.84 Å². The zero-order valence-electron chi connectivity index (χ0n) is 19.4. The Bertz CT molecular complexity index is 1390. The Hall–Kier alpha value is -4.69. The Morgan fingerprint density at radius 2 is 1.36 bits per heavy atom. The van der Waals surface area contributed by atoms with Crippen molar-refractivity contribution in [3.8, 4) is 22.9 Å². The standard InChI is InChI=1S/C31H23NO4/c32-20-21-14-16-22(17-15-21)25-12-7-13-26(18-25)36-30(35)31(29(33)34)27(23-8-3-1-4-9-23)19-28(31)24-10-5-2-6-11-24/h1-18,27-28H,19H2,(H,33,34). The number of nitriles is 1. The number of rotatable bonds is 6. The molecule has 2 atom stereocenters. The first-order valence-electron chi connectivity index (χ1n) is 11.7. The summed E-state index contributed by atoms with van der Waals surface area (Å²) in [5.41, 5.74) is 2.04. The molecule has 5 heteroatoms. The molecular formula is C31H23NO4. The van der Waals surface area contributed by atoms with Gasteiger partial charge in [0.25, 0.3) is 0 Å². The summed E-state index contributed by atoms with van der Waals surface area (Å²) in [7, 11) is 0. The third kappa shape index (κ3) is 3.93. The lowest BCUT2D eigenvalue weighted by Gasteiger charge is -2.51. The number of carboxylic acids is 1. The Kier molecular flexibility index (Phi) is 6.10. The molecule has 5 rings (SSSR count). The van der Waals surface area contributed by atoms with E-state index in [1.807, 2.05) is 78.9 Å². The second kappa shape index (κ2) is 9.52. The molecular weight excluding hydrogens is 450 g/mol. The lowest BCUT2D eigenvalue weighted by Crippen LogP contribution is -2.58. The molecule has 36 heavy (non-hydrogen) atoms.